The van der Waals surface area contributed by atoms with Crippen LogP contribution in [0.3, 0.4) is 0 Å². The molecule has 1 aliphatic heterocycles. The third kappa shape index (κ3) is 1.70. The molecule has 3 aliphatic rings. The van der Waals surface area contributed by atoms with Gasteiger partial charge in [-0.15, -0.1) is 0 Å². The Balaban J connectivity index is 1.82. The molecule has 0 bridgehead atoms. The lowest BCUT2D eigenvalue weighted by Gasteiger charge is -2.36. The van der Waals surface area contributed by atoms with E-state index in [2.05, 4.69) is 5.32 Å². The second-order valence-corrected chi connectivity index (χ2v) is 6.58. The maximum atomic E-state index is 11.7. The van der Waals surface area contributed by atoms with Crippen LogP contribution in [0.15, 0.2) is 12.1 Å². The van der Waals surface area contributed by atoms with Crippen LogP contribution >= 0.6 is 0 Å². The molecule has 2 unspecified atom stereocenters. The zero-order valence-corrected chi connectivity index (χ0v) is 11.6. The topological polar surface area (TPSA) is 55.1 Å². The van der Waals surface area contributed by atoms with Crippen molar-refractivity contribution in [2.75, 3.05) is 5.32 Å². The van der Waals surface area contributed by atoms with Gasteiger partial charge >= 0.3 is 0 Å². The van der Waals surface area contributed by atoms with Gasteiger partial charge < -0.3 is 11.1 Å². The Kier molecular flexibility index (Phi) is 2.63. The fourth-order valence-corrected chi connectivity index (χ4v) is 3.99. The van der Waals surface area contributed by atoms with E-state index in [9.17, 15) is 4.79 Å². The Hall–Kier alpha value is -1.45. The molecule has 2 saturated carbocycles. The summed E-state index contributed by atoms with van der Waals surface area (Å²) in [6.07, 6.45) is 6.48. The Morgan fingerprint density at radius 3 is 2.50 bits per heavy atom. The first-order chi connectivity index (χ1) is 9.66. The molecule has 1 heterocycles. The van der Waals surface area contributed by atoms with E-state index in [0.717, 1.165) is 23.0 Å². The molecule has 3 nitrogen and oxygen atoms in total. The molecule has 1 amide bonds. The lowest BCUT2D eigenvalue weighted by Crippen LogP contribution is -2.33. The molecule has 2 aliphatic carbocycles. The molecular formula is C16H19BN2O. The number of anilines is 1. The van der Waals surface area contributed by atoms with Crippen LogP contribution in [0.25, 0.3) is 0 Å². The number of hydrogen-bond acceptors (Lipinski definition) is 2. The van der Waals surface area contributed by atoms with Crippen molar-refractivity contribution in [2.45, 2.75) is 44.1 Å². The Morgan fingerprint density at radius 1 is 1.20 bits per heavy atom. The van der Waals surface area contributed by atoms with Gasteiger partial charge in [-0.25, -0.2) is 0 Å². The number of amides is 1. The molecule has 3 N–H and O–H groups in total. The van der Waals surface area contributed by atoms with Crippen LogP contribution < -0.4 is 16.5 Å². The van der Waals surface area contributed by atoms with Crippen molar-refractivity contribution in [3.8, 4) is 0 Å². The van der Waals surface area contributed by atoms with Gasteiger partial charge in [0.05, 0.1) is 11.3 Å². The number of carbonyl (C=O) groups excluding carboxylic acids is 1. The van der Waals surface area contributed by atoms with Gasteiger partial charge in [0.1, 0.15) is 7.85 Å². The highest BCUT2D eigenvalue weighted by atomic mass is 16.1. The summed E-state index contributed by atoms with van der Waals surface area (Å²) in [5.41, 5.74) is 9.03. The van der Waals surface area contributed by atoms with Gasteiger partial charge in [-0.3, -0.25) is 4.79 Å². The van der Waals surface area contributed by atoms with Gasteiger partial charge in [0.2, 0.25) is 0 Å². The highest BCUT2D eigenvalue weighted by Gasteiger charge is 2.47. The Bertz CT molecular complexity index is 578. The van der Waals surface area contributed by atoms with Gasteiger partial charge in [-0.2, -0.15) is 0 Å². The molecule has 2 fully saturated rings. The first kappa shape index (κ1) is 12.3. The molecular weight excluding hydrogens is 247 g/mol. The van der Waals surface area contributed by atoms with Crippen molar-refractivity contribution in [3.63, 3.8) is 0 Å². The zero-order chi connectivity index (χ0) is 13.9. The van der Waals surface area contributed by atoms with Crippen LogP contribution in [0.2, 0.25) is 0 Å². The van der Waals surface area contributed by atoms with E-state index in [-0.39, 0.29) is 5.91 Å². The van der Waals surface area contributed by atoms with Crippen molar-refractivity contribution in [3.05, 3.63) is 23.3 Å². The molecule has 1 aromatic carbocycles. The summed E-state index contributed by atoms with van der Waals surface area (Å²) in [5, 5.41) is 3.61. The van der Waals surface area contributed by atoms with Gasteiger partial charge in [-0.05, 0) is 49.1 Å². The number of hydrogen-bond donors (Lipinski definition) is 2. The van der Waals surface area contributed by atoms with Crippen LogP contribution in [-0.2, 0) is 0 Å². The normalized spacial score (nSPS) is 28.6. The Labute approximate surface area is 120 Å². The number of rotatable bonds is 3. The van der Waals surface area contributed by atoms with Crippen molar-refractivity contribution < 1.29 is 4.79 Å². The minimum atomic E-state index is -0.363. The highest BCUT2D eigenvalue weighted by Crippen LogP contribution is 2.53. The minimum Gasteiger partial charge on any atom is -0.381 e. The molecule has 20 heavy (non-hydrogen) atoms. The third-order valence-corrected chi connectivity index (χ3v) is 5.36. The fraction of sp³-hybridized carbons (Fsp3) is 0.562. The molecule has 1 aromatic rings. The van der Waals surface area contributed by atoms with Crippen LogP contribution in [0.5, 0.6) is 0 Å². The SMILES string of the molecule is [B]c1ccc(C(N)=O)c2c1C(C1CCC1)C(C1CC1)N2. The molecule has 0 aromatic heterocycles. The van der Waals surface area contributed by atoms with Crippen molar-refractivity contribution in [2.24, 2.45) is 17.6 Å². The largest absolute Gasteiger partial charge is 0.381 e. The zero-order valence-electron chi connectivity index (χ0n) is 11.6. The van der Waals surface area contributed by atoms with Crippen molar-refractivity contribution >= 4 is 24.9 Å². The van der Waals surface area contributed by atoms with Crippen LogP contribution in [0.1, 0.15) is 53.9 Å². The molecule has 0 spiro atoms. The summed E-state index contributed by atoms with van der Waals surface area (Å²) in [5.74, 6) is 1.58. The summed E-state index contributed by atoms with van der Waals surface area (Å²) in [6, 6.07) is 4.07. The number of primary amides is 1. The summed E-state index contributed by atoms with van der Waals surface area (Å²) < 4.78 is 0. The smallest absolute Gasteiger partial charge is 0.250 e. The van der Waals surface area contributed by atoms with Gasteiger partial charge in [0.25, 0.3) is 5.91 Å². The van der Waals surface area contributed by atoms with Gasteiger partial charge in [0, 0.05) is 12.0 Å². The van der Waals surface area contributed by atoms with E-state index in [4.69, 9.17) is 13.6 Å². The van der Waals surface area contributed by atoms with E-state index in [1.54, 1.807) is 6.07 Å². The van der Waals surface area contributed by atoms with Crippen molar-refractivity contribution in [1.29, 1.82) is 0 Å². The molecule has 2 atom stereocenters. The van der Waals surface area contributed by atoms with Gasteiger partial charge in [-0.1, -0.05) is 17.9 Å². The average Bonchev–Trinajstić information content (AvgIpc) is 3.10. The second-order valence-electron chi connectivity index (χ2n) is 6.58. The van der Waals surface area contributed by atoms with Gasteiger partial charge in [0.15, 0.2) is 0 Å². The first-order valence-electron chi connectivity index (χ1n) is 7.65. The fourth-order valence-electron chi connectivity index (χ4n) is 3.99. The lowest BCUT2D eigenvalue weighted by molar-refractivity contribution is 0.100. The second kappa shape index (κ2) is 4.27. The summed E-state index contributed by atoms with van der Waals surface area (Å²) >= 11 is 0. The summed E-state index contributed by atoms with van der Waals surface area (Å²) in [7, 11) is 6.24. The summed E-state index contributed by atoms with van der Waals surface area (Å²) in [4.78, 5) is 11.7. The maximum absolute atomic E-state index is 11.7. The van der Waals surface area contributed by atoms with Crippen LogP contribution in [0.4, 0.5) is 5.69 Å². The quantitative estimate of drug-likeness (QED) is 0.817. The summed E-state index contributed by atoms with van der Waals surface area (Å²) in [6.45, 7) is 0. The van der Waals surface area contributed by atoms with E-state index >= 15 is 0 Å². The lowest BCUT2D eigenvalue weighted by atomic mass is 9.68. The Morgan fingerprint density at radius 2 is 1.95 bits per heavy atom. The highest BCUT2D eigenvalue weighted by molar-refractivity contribution is 6.34. The average molecular weight is 266 g/mol. The minimum absolute atomic E-state index is 0.363. The number of nitrogens with one attached hydrogen (secondary N) is 1. The van der Waals surface area contributed by atoms with E-state index in [0.29, 0.717) is 17.5 Å². The molecule has 4 heteroatoms. The standard InChI is InChI=1S/C16H19BN2O/c17-11-7-6-10(16(18)20)15-13(11)12(8-2-1-3-8)14(19-15)9-4-5-9/h6-9,12,14,19H,1-5H2,(H2,18,20). The number of carbonyl (C=O) groups is 1. The molecule has 102 valence electrons. The van der Waals surface area contributed by atoms with Crippen LogP contribution in [-0.4, -0.2) is 19.8 Å². The number of benzene rings is 1. The van der Waals surface area contributed by atoms with Crippen LogP contribution in [0, 0.1) is 11.8 Å². The van der Waals surface area contributed by atoms with Crippen molar-refractivity contribution in [1.82, 2.24) is 0 Å². The number of nitrogens with two attached hydrogens (primary N) is 1. The van der Waals surface area contributed by atoms with E-state index < -0.39 is 0 Å². The first-order valence-corrected chi connectivity index (χ1v) is 7.65. The maximum Gasteiger partial charge on any atom is 0.250 e. The number of fused-ring (bicyclic) bond motifs is 1. The molecule has 4 rings (SSSR count). The third-order valence-electron chi connectivity index (χ3n) is 5.36. The molecule has 2 radical (unpaired) electrons. The van der Waals surface area contributed by atoms with E-state index in [1.807, 2.05) is 6.07 Å². The monoisotopic (exact) mass is 266 g/mol. The van der Waals surface area contributed by atoms with E-state index in [1.165, 1.54) is 37.7 Å². The molecule has 0 saturated heterocycles. The predicted octanol–water partition coefficient (Wildman–Crippen LogP) is 1.67. The predicted molar refractivity (Wildman–Crippen MR) is 80.6 cm³/mol.